The fourth-order valence-electron chi connectivity index (χ4n) is 7.67. The molecule has 0 heterocycles. The van der Waals surface area contributed by atoms with E-state index in [-0.39, 0.29) is 17.9 Å². The third-order valence-electron chi connectivity index (χ3n) is 9.65. The topological polar surface area (TPSA) is 49.4 Å². The average Bonchev–Trinajstić information content (AvgIpc) is 2.94. The van der Waals surface area contributed by atoms with Crippen LogP contribution in [0.1, 0.15) is 135 Å². The summed E-state index contributed by atoms with van der Waals surface area (Å²) < 4.78 is 0. The fourth-order valence-corrected chi connectivity index (χ4v) is 7.67. The Morgan fingerprint density at radius 1 is 0.950 bits per heavy atom. The fraction of sp³-hybridized carbons (Fsp3) is 0.611. The van der Waals surface area contributed by atoms with Crippen molar-refractivity contribution in [1.29, 1.82) is 0 Å². The van der Waals surface area contributed by atoms with E-state index in [1.165, 1.54) is 32.1 Å². The number of amides is 2. The zero-order chi connectivity index (χ0) is 28.8. The lowest BCUT2D eigenvalue weighted by Crippen LogP contribution is -2.55. The molecular weight excluding hydrogens is 492 g/mol. The molecule has 0 aliphatic heterocycles. The van der Waals surface area contributed by atoms with Crippen LogP contribution in [0.4, 0.5) is 0 Å². The van der Waals surface area contributed by atoms with Gasteiger partial charge in [0.1, 0.15) is 0 Å². The molecule has 0 radical (unpaired) electrons. The van der Waals surface area contributed by atoms with Crippen LogP contribution in [0.5, 0.6) is 0 Å². The van der Waals surface area contributed by atoms with Gasteiger partial charge < -0.3 is 0 Å². The summed E-state index contributed by atoms with van der Waals surface area (Å²) in [6.45, 7) is 13.2. The van der Waals surface area contributed by atoms with Crippen LogP contribution in [0.2, 0.25) is 0 Å². The number of rotatable bonds is 8. The van der Waals surface area contributed by atoms with E-state index in [4.69, 9.17) is 0 Å². The lowest BCUT2D eigenvalue weighted by atomic mass is 9.67. The van der Waals surface area contributed by atoms with Gasteiger partial charge in [0.2, 0.25) is 0 Å². The number of carbonyl (C=O) groups excluding carboxylic acids is 2. The van der Waals surface area contributed by atoms with Crippen molar-refractivity contribution in [3.05, 3.63) is 70.3 Å². The number of nitrogens with one attached hydrogen (secondary N) is 1. The monoisotopic (exact) mass is 544 g/mol. The minimum absolute atomic E-state index is 0.00662. The Labute approximate surface area is 243 Å². The highest BCUT2D eigenvalue weighted by molar-refractivity contribution is 6.00. The van der Waals surface area contributed by atoms with E-state index in [2.05, 4.69) is 51.3 Å². The molecule has 2 fully saturated rings. The second-order valence-corrected chi connectivity index (χ2v) is 13.3. The Morgan fingerprint density at radius 2 is 1.62 bits per heavy atom. The van der Waals surface area contributed by atoms with E-state index in [9.17, 15) is 9.59 Å². The van der Waals surface area contributed by atoms with Crippen LogP contribution >= 0.6 is 0 Å². The third kappa shape index (κ3) is 7.17. The molecule has 3 unspecified atom stereocenters. The molecule has 4 atom stereocenters. The first-order valence-electron chi connectivity index (χ1n) is 16.0. The van der Waals surface area contributed by atoms with Crippen LogP contribution < -0.4 is 5.43 Å². The van der Waals surface area contributed by atoms with Crippen LogP contribution in [0.25, 0.3) is 0 Å². The van der Waals surface area contributed by atoms with Gasteiger partial charge in [-0.05, 0) is 99.3 Å². The molecule has 218 valence electrons. The second-order valence-electron chi connectivity index (χ2n) is 13.3. The molecule has 0 spiro atoms. The third-order valence-corrected chi connectivity index (χ3v) is 9.65. The molecule has 40 heavy (non-hydrogen) atoms. The molecule has 2 aromatic carbocycles. The summed E-state index contributed by atoms with van der Waals surface area (Å²) in [6.07, 6.45) is 11.3. The van der Waals surface area contributed by atoms with Gasteiger partial charge in [-0.1, -0.05) is 95.2 Å². The Kier molecular flexibility index (Phi) is 10.5. The van der Waals surface area contributed by atoms with Gasteiger partial charge in [-0.2, -0.15) is 0 Å². The highest BCUT2D eigenvalue weighted by Crippen LogP contribution is 2.45. The van der Waals surface area contributed by atoms with Crippen molar-refractivity contribution >= 4 is 11.8 Å². The van der Waals surface area contributed by atoms with Crippen molar-refractivity contribution in [3.8, 4) is 0 Å². The van der Waals surface area contributed by atoms with Gasteiger partial charge in [-0.15, -0.1) is 0 Å². The number of hydrazine groups is 1. The standard InChI is InChI=1S/C36H52N2O2/c1-7-13-34(28-14-9-8-10-15-28)38(36(40)29-21-26(5)20-27(6)22-29)37-35(39)32-17-12-11-16-31(32)33-23-25(4)18-19-30(33)24(2)3/h11-12,16-17,20-22,24-25,28,30,33-34H,7-10,13-15,18-19,23H2,1-6H3,(H,37,39)/t25?,30?,33?,34-/m0/s1. The van der Waals surface area contributed by atoms with Gasteiger partial charge in [0.05, 0.1) is 6.04 Å². The molecule has 1 N–H and O–H groups in total. The number of nitrogens with zero attached hydrogens (tertiary/aromatic N) is 1. The molecule has 4 rings (SSSR count). The van der Waals surface area contributed by atoms with Gasteiger partial charge in [0, 0.05) is 11.1 Å². The lowest BCUT2D eigenvalue weighted by Gasteiger charge is -2.40. The molecule has 0 bridgehead atoms. The van der Waals surface area contributed by atoms with Crippen LogP contribution in [-0.4, -0.2) is 22.9 Å². The largest absolute Gasteiger partial charge is 0.272 e. The van der Waals surface area contributed by atoms with E-state index in [1.807, 2.05) is 38.1 Å². The highest BCUT2D eigenvalue weighted by Gasteiger charge is 2.36. The van der Waals surface area contributed by atoms with Crippen molar-refractivity contribution in [2.24, 2.45) is 23.7 Å². The second kappa shape index (κ2) is 13.8. The zero-order valence-corrected chi connectivity index (χ0v) is 25.8. The summed E-state index contributed by atoms with van der Waals surface area (Å²) in [7, 11) is 0. The van der Waals surface area contributed by atoms with E-state index >= 15 is 0 Å². The predicted molar refractivity (Wildman–Crippen MR) is 165 cm³/mol. The van der Waals surface area contributed by atoms with Gasteiger partial charge in [-0.3, -0.25) is 15.0 Å². The number of aryl methyl sites for hydroxylation is 2. The first kappa shape index (κ1) is 30.3. The summed E-state index contributed by atoms with van der Waals surface area (Å²) in [4.78, 5) is 28.5. The van der Waals surface area contributed by atoms with Crippen molar-refractivity contribution < 1.29 is 9.59 Å². The molecule has 2 amide bonds. The van der Waals surface area contributed by atoms with Crippen LogP contribution in [0.3, 0.4) is 0 Å². The summed E-state index contributed by atoms with van der Waals surface area (Å²) in [5.41, 5.74) is 7.89. The minimum Gasteiger partial charge on any atom is -0.267 e. The maximum absolute atomic E-state index is 14.3. The van der Waals surface area contributed by atoms with Gasteiger partial charge in [0.15, 0.2) is 0 Å². The van der Waals surface area contributed by atoms with Crippen LogP contribution in [-0.2, 0) is 0 Å². The molecule has 2 aliphatic carbocycles. The Balaban J connectivity index is 1.71. The first-order valence-corrected chi connectivity index (χ1v) is 16.0. The maximum Gasteiger partial charge on any atom is 0.272 e. The SMILES string of the molecule is CCC[C@@H](C1CCCCC1)N(NC(=O)c1ccccc1C1CC(C)CCC1C(C)C)C(=O)c1cc(C)cc(C)c1. The van der Waals surface area contributed by atoms with Gasteiger partial charge in [0.25, 0.3) is 11.8 Å². The van der Waals surface area contributed by atoms with Crippen LogP contribution in [0.15, 0.2) is 42.5 Å². The zero-order valence-electron chi connectivity index (χ0n) is 25.8. The van der Waals surface area contributed by atoms with Crippen molar-refractivity contribution in [2.45, 2.75) is 118 Å². The molecule has 0 aromatic heterocycles. The molecule has 2 aromatic rings. The smallest absolute Gasteiger partial charge is 0.267 e. The summed E-state index contributed by atoms with van der Waals surface area (Å²) in [5.74, 6) is 2.31. The van der Waals surface area contributed by atoms with E-state index in [0.29, 0.717) is 35.2 Å². The predicted octanol–water partition coefficient (Wildman–Crippen LogP) is 9.02. The number of hydrogen-bond acceptors (Lipinski definition) is 2. The summed E-state index contributed by atoms with van der Waals surface area (Å²) in [6, 6.07) is 14.2. The molecule has 4 nitrogen and oxygen atoms in total. The summed E-state index contributed by atoms with van der Waals surface area (Å²) in [5, 5.41) is 1.75. The maximum atomic E-state index is 14.3. The number of carbonyl (C=O) groups is 2. The van der Waals surface area contributed by atoms with Crippen molar-refractivity contribution in [2.75, 3.05) is 0 Å². The number of benzene rings is 2. The van der Waals surface area contributed by atoms with E-state index in [0.717, 1.165) is 54.4 Å². The van der Waals surface area contributed by atoms with Crippen molar-refractivity contribution in [3.63, 3.8) is 0 Å². The minimum atomic E-state index is -0.147. The normalized spacial score (nSPS) is 22.6. The number of hydrogen-bond donors (Lipinski definition) is 1. The van der Waals surface area contributed by atoms with Gasteiger partial charge >= 0.3 is 0 Å². The summed E-state index contributed by atoms with van der Waals surface area (Å²) >= 11 is 0. The van der Waals surface area contributed by atoms with Crippen LogP contribution in [0, 0.1) is 37.5 Å². The first-order chi connectivity index (χ1) is 19.2. The van der Waals surface area contributed by atoms with E-state index < -0.39 is 0 Å². The van der Waals surface area contributed by atoms with Crippen molar-refractivity contribution in [1.82, 2.24) is 10.4 Å². The average molecular weight is 545 g/mol. The molecular formula is C36H52N2O2. The Hall–Kier alpha value is -2.62. The Morgan fingerprint density at radius 3 is 2.27 bits per heavy atom. The highest BCUT2D eigenvalue weighted by atomic mass is 16.2. The molecule has 2 saturated carbocycles. The quantitative estimate of drug-likeness (QED) is 0.337. The molecule has 0 saturated heterocycles. The lowest BCUT2D eigenvalue weighted by molar-refractivity contribution is 0.0332. The van der Waals surface area contributed by atoms with E-state index in [1.54, 1.807) is 5.01 Å². The van der Waals surface area contributed by atoms with Gasteiger partial charge in [-0.25, -0.2) is 5.01 Å². The Bertz CT molecular complexity index is 1130. The molecule has 2 aliphatic rings. The molecule has 4 heteroatoms.